The molecule has 1 saturated carbocycles. The Morgan fingerprint density at radius 1 is 1.45 bits per heavy atom. The number of aromatic nitrogens is 2. The topological polar surface area (TPSA) is 56.1 Å². The lowest BCUT2D eigenvalue weighted by molar-refractivity contribution is 0.0532. The molecule has 1 aliphatic rings. The number of aryl methyl sites for hydroxylation is 1. The van der Waals surface area contributed by atoms with E-state index in [9.17, 15) is 13.6 Å². The highest BCUT2D eigenvalue weighted by Crippen LogP contribution is 2.21. The minimum atomic E-state index is -2.73. The van der Waals surface area contributed by atoms with Crippen molar-refractivity contribution in [3.63, 3.8) is 0 Å². The van der Waals surface area contributed by atoms with E-state index in [0.29, 0.717) is 4.68 Å². The van der Waals surface area contributed by atoms with Crippen LogP contribution >= 0.6 is 0 Å². The van der Waals surface area contributed by atoms with Gasteiger partial charge >= 0.3 is 6.55 Å². The first-order valence-electron chi connectivity index (χ1n) is 6.69. The second-order valence-electron chi connectivity index (χ2n) is 5.08. The maximum Gasteiger partial charge on any atom is 0.333 e. The van der Waals surface area contributed by atoms with Gasteiger partial charge in [0.15, 0.2) is 5.69 Å². The zero-order valence-electron chi connectivity index (χ0n) is 11.6. The van der Waals surface area contributed by atoms with Crippen molar-refractivity contribution in [2.45, 2.75) is 51.3 Å². The van der Waals surface area contributed by atoms with Crippen molar-refractivity contribution in [3.05, 3.63) is 17.5 Å². The van der Waals surface area contributed by atoms with E-state index in [4.69, 9.17) is 4.74 Å². The van der Waals surface area contributed by atoms with Crippen molar-refractivity contribution in [1.29, 1.82) is 0 Å². The molecule has 0 aromatic carbocycles. The van der Waals surface area contributed by atoms with Crippen LogP contribution in [0.1, 0.15) is 48.4 Å². The molecule has 0 saturated heterocycles. The molecule has 7 heteroatoms. The summed E-state index contributed by atoms with van der Waals surface area (Å²) in [6.45, 7) is -1.23. The lowest BCUT2D eigenvalue weighted by Gasteiger charge is -2.27. The molecule has 5 nitrogen and oxygen atoms in total. The van der Waals surface area contributed by atoms with Crippen LogP contribution in [-0.4, -0.2) is 34.9 Å². The zero-order chi connectivity index (χ0) is 14.7. The fourth-order valence-electron chi connectivity index (χ4n) is 2.50. The summed E-state index contributed by atoms with van der Waals surface area (Å²) in [5, 5.41) is 6.48. The van der Waals surface area contributed by atoms with E-state index >= 15 is 0 Å². The summed E-state index contributed by atoms with van der Waals surface area (Å²) in [6.07, 6.45) is 3.71. The first kappa shape index (κ1) is 14.9. The lowest BCUT2D eigenvalue weighted by Crippen LogP contribution is -2.39. The third-order valence-electron chi connectivity index (χ3n) is 3.68. The molecular weight excluding hydrogens is 268 g/mol. The van der Waals surface area contributed by atoms with Gasteiger partial charge in [0, 0.05) is 18.8 Å². The molecule has 1 aromatic rings. The van der Waals surface area contributed by atoms with Crippen molar-refractivity contribution in [3.8, 4) is 0 Å². The molecule has 0 atom stereocenters. The number of alkyl halides is 2. The van der Waals surface area contributed by atoms with Gasteiger partial charge in [0.1, 0.15) is 0 Å². The van der Waals surface area contributed by atoms with Gasteiger partial charge in [-0.2, -0.15) is 13.9 Å². The summed E-state index contributed by atoms with van der Waals surface area (Å²) in [5.74, 6) is -0.395. The quantitative estimate of drug-likeness (QED) is 0.924. The fraction of sp³-hybridized carbons (Fsp3) is 0.692. The lowest BCUT2D eigenvalue weighted by atomic mass is 9.93. The minimum absolute atomic E-state index is 0.0386. The summed E-state index contributed by atoms with van der Waals surface area (Å²) in [6, 6.07) is 1.44. The molecule has 1 aromatic heterocycles. The Labute approximate surface area is 116 Å². The van der Waals surface area contributed by atoms with Gasteiger partial charge in [-0.3, -0.25) is 4.79 Å². The van der Waals surface area contributed by atoms with E-state index in [-0.39, 0.29) is 23.5 Å². The van der Waals surface area contributed by atoms with Crippen LogP contribution in [-0.2, 0) is 4.74 Å². The van der Waals surface area contributed by atoms with Crippen LogP contribution in [0.15, 0.2) is 6.07 Å². The van der Waals surface area contributed by atoms with E-state index in [0.717, 1.165) is 25.7 Å². The highest BCUT2D eigenvalue weighted by molar-refractivity contribution is 5.92. The summed E-state index contributed by atoms with van der Waals surface area (Å²) in [5.41, 5.74) is 0.310. The molecule has 0 spiro atoms. The summed E-state index contributed by atoms with van der Waals surface area (Å²) < 4.78 is 31.0. The second-order valence-corrected chi connectivity index (χ2v) is 5.08. The number of rotatable bonds is 4. The number of hydrogen-bond acceptors (Lipinski definition) is 3. The number of carbonyl (C=O) groups excluding carboxylic acids is 1. The number of ether oxygens (including phenoxy) is 1. The second kappa shape index (κ2) is 6.30. The van der Waals surface area contributed by atoms with Crippen LogP contribution in [0.3, 0.4) is 0 Å². The zero-order valence-corrected chi connectivity index (χ0v) is 11.6. The van der Waals surface area contributed by atoms with E-state index in [2.05, 4.69) is 10.4 Å². The molecular formula is C13H19F2N3O2. The van der Waals surface area contributed by atoms with Gasteiger partial charge in [0.2, 0.25) is 0 Å². The Morgan fingerprint density at radius 3 is 2.60 bits per heavy atom. The molecule has 0 unspecified atom stereocenters. The average Bonchev–Trinajstić information content (AvgIpc) is 2.82. The van der Waals surface area contributed by atoms with Crippen LogP contribution in [0.2, 0.25) is 0 Å². The standard InChI is InChI=1S/C13H19F2N3O2/c1-8-7-11(17-18(8)13(14)15)12(19)16-9-3-5-10(20-2)6-4-9/h7,9-10,13H,3-6H2,1-2H3,(H,16,19). The average molecular weight is 287 g/mol. The van der Waals surface area contributed by atoms with Gasteiger partial charge in [-0.15, -0.1) is 0 Å². The van der Waals surface area contributed by atoms with Gasteiger partial charge in [-0.1, -0.05) is 0 Å². The van der Waals surface area contributed by atoms with E-state index < -0.39 is 12.5 Å². The highest BCUT2D eigenvalue weighted by Gasteiger charge is 2.24. The normalized spacial score (nSPS) is 23.1. The molecule has 0 bridgehead atoms. The first-order chi connectivity index (χ1) is 9.51. The Bertz CT molecular complexity index is 468. The van der Waals surface area contributed by atoms with Gasteiger partial charge in [0.25, 0.3) is 5.91 Å². The summed E-state index contributed by atoms with van der Waals surface area (Å²) in [7, 11) is 1.68. The number of carbonyl (C=O) groups is 1. The maximum atomic E-state index is 12.6. The van der Waals surface area contributed by atoms with Crippen molar-refractivity contribution < 1.29 is 18.3 Å². The van der Waals surface area contributed by atoms with Crippen LogP contribution in [0.4, 0.5) is 8.78 Å². The third kappa shape index (κ3) is 3.33. The molecule has 0 radical (unpaired) electrons. The van der Waals surface area contributed by atoms with E-state index in [1.54, 1.807) is 7.11 Å². The largest absolute Gasteiger partial charge is 0.381 e. The molecule has 20 heavy (non-hydrogen) atoms. The number of methoxy groups -OCH3 is 1. The minimum Gasteiger partial charge on any atom is -0.381 e. The van der Waals surface area contributed by atoms with E-state index in [1.807, 2.05) is 0 Å². The van der Waals surface area contributed by atoms with Gasteiger partial charge in [-0.05, 0) is 38.7 Å². The van der Waals surface area contributed by atoms with Crippen LogP contribution < -0.4 is 5.32 Å². The number of nitrogens with one attached hydrogen (secondary N) is 1. The molecule has 2 rings (SSSR count). The van der Waals surface area contributed by atoms with Gasteiger partial charge in [-0.25, -0.2) is 4.68 Å². The van der Waals surface area contributed by atoms with Gasteiger partial charge < -0.3 is 10.1 Å². The molecule has 1 fully saturated rings. The predicted molar refractivity (Wildman–Crippen MR) is 68.7 cm³/mol. The monoisotopic (exact) mass is 287 g/mol. The van der Waals surface area contributed by atoms with Crippen LogP contribution in [0.5, 0.6) is 0 Å². The predicted octanol–water partition coefficient (Wildman–Crippen LogP) is 2.27. The van der Waals surface area contributed by atoms with Crippen molar-refractivity contribution in [2.24, 2.45) is 0 Å². The number of hydrogen-bond donors (Lipinski definition) is 1. The Balaban J connectivity index is 1.94. The first-order valence-corrected chi connectivity index (χ1v) is 6.69. The van der Waals surface area contributed by atoms with Crippen LogP contribution in [0.25, 0.3) is 0 Å². The van der Waals surface area contributed by atoms with Crippen LogP contribution in [0, 0.1) is 6.92 Å². The molecule has 0 aliphatic heterocycles. The molecule has 1 aliphatic carbocycles. The third-order valence-corrected chi connectivity index (χ3v) is 3.68. The summed E-state index contributed by atoms with van der Waals surface area (Å²) >= 11 is 0. The van der Waals surface area contributed by atoms with E-state index in [1.165, 1.54) is 13.0 Å². The number of nitrogens with zero attached hydrogens (tertiary/aromatic N) is 2. The Hall–Kier alpha value is -1.50. The Morgan fingerprint density at radius 2 is 2.10 bits per heavy atom. The van der Waals surface area contributed by atoms with Crippen molar-refractivity contribution in [1.82, 2.24) is 15.1 Å². The molecule has 112 valence electrons. The fourth-order valence-corrected chi connectivity index (χ4v) is 2.50. The smallest absolute Gasteiger partial charge is 0.333 e. The molecule has 1 amide bonds. The maximum absolute atomic E-state index is 12.6. The Kier molecular flexibility index (Phi) is 4.69. The number of amides is 1. The van der Waals surface area contributed by atoms with Crippen molar-refractivity contribution >= 4 is 5.91 Å². The molecule has 1 N–H and O–H groups in total. The molecule has 1 heterocycles. The SMILES string of the molecule is COC1CCC(NC(=O)c2cc(C)n(C(F)F)n2)CC1. The highest BCUT2D eigenvalue weighted by atomic mass is 19.3. The van der Waals surface area contributed by atoms with Crippen molar-refractivity contribution in [2.75, 3.05) is 7.11 Å². The summed E-state index contributed by atoms with van der Waals surface area (Å²) in [4.78, 5) is 12.0. The van der Waals surface area contributed by atoms with Gasteiger partial charge in [0.05, 0.1) is 6.10 Å². The number of halogens is 2.